The van der Waals surface area contributed by atoms with Crippen molar-refractivity contribution < 1.29 is 9.53 Å². The second kappa shape index (κ2) is 8.48. The maximum absolute atomic E-state index is 12.0. The molecular formula is C20H23ClN2O2. The third-order valence-corrected chi connectivity index (χ3v) is 4.82. The molecule has 3 rings (SSSR count). The summed E-state index contributed by atoms with van der Waals surface area (Å²) in [5.41, 5.74) is 3.03. The Labute approximate surface area is 154 Å². The van der Waals surface area contributed by atoms with Gasteiger partial charge in [-0.1, -0.05) is 54.1 Å². The van der Waals surface area contributed by atoms with E-state index in [-0.39, 0.29) is 5.97 Å². The van der Waals surface area contributed by atoms with Gasteiger partial charge in [-0.2, -0.15) is 0 Å². The van der Waals surface area contributed by atoms with Crippen LogP contribution in [0.5, 0.6) is 0 Å². The van der Waals surface area contributed by atoms with Crippen LogP contribution in [-0.4, -0.2) is 55.5 Å². The molecular weight excluding hydrogens is 336 g/mol. The highest BCUT2D eigenvalue weighted by Crippen LogP contribution is 2.27. The molecule has 0 bridgehead atoms. The van der Waals surface area contributed by atoms with E-state index >= 15 is 0 Å². The van der Waals surface area contributed by atoms with Crippen LogP contribution in [-0.2, 0) is 16.1 Å². The van der Waals surface area contributed by atoms with Crippen LogP contribution in [0, 0.1) is 0 Å². The van der Waals surface area contributed by atoms with E-state index in [1.54, 1.807) is 0 Å². The van der Waals surface area contributed by atoms with Crippen molar-refractivity contribution >= 4 is 17.6 Å². The molecule has 1 heterocycles. The Kier molecular flexibility index (Phi) is 6.08. The van der Waals surface area contributed by atoms with E-state index in [2.05, 4.69) is 16.8 Å². The summed E-state index contributed by atoms with van der Waals surface area (Å²) in [6, 6.07) is 15.7. The van der Waals surface area contributed by atoms with Crippen LogP contribution in [0.3, 0.4) is 0 Å². The van der Waals surface area contributed by atoms with Gasteiger partial charge in [-0.05, 0) is 24.2 Å². The van der Waals surface area contributed by atoms with Crippen molar-refractivity contribution in [2.75, 3.05) is 39.8 Å². The van der Waals surface area contributed by atoms with Crippen molar-refractivity contribution in [3.63, 3.8) is 0 Å². The largest absolute Gasteiger partial charge is 0.460 e. The topological polar surface area (TPSA) is 32.8 Å². The van der Waals surface area contributed by atoms with E-state index in [0.717, 1.165) is 47.9 Å². The molecule has 0 spiro atoms. The van der Waals surface area contributed by atoms with Gasteiger partial charge in [-0.3, -0.25) is 9.69 Å². The van der Waals surface area contributed by atoms with E-state index in [1.165, 1.54) is 0 Å². The molecule has 1 saturated heterocycles. The molecule has 0 N–H and O–H groups in total. The molecule has 1 fully saturated rings. The maximum atomic E-state index is 12.0. The zero-order valence-corrected chi connectivity index (χ0v) is 15.2. The molecule has 0 amide bonds. The Hall–Kier alpha value is -1.88. The zero-order valence-electron chi connectivity index (χ0n) is 14.5. The van der Waals surface area contributed by atoms with E-state index in [4.69, 9.17) is 16.3 Å². The maximum Gasteiger partial charge on any atom is 0.320 e. The van der Waals surface area contributed by atoms with Gasteiger partial charge in [0, 0.05) is 36.8 Å². The van der Waals surface area contributed by atoms with Gasteiger partial charge in [0.15, 0.2) is 0 Å². The van der Waals surface area contributed by atoms with Crippen molar-refractivity contribution in [1.29, 1.82) is 0 Å². The van der Waals surface area contributed by atoms with Crippen LogP contribution in [0.1, 0.15) is 5.56 Å². The van der Waals surface area contributed by atoms with Gasteiger partial charge in [-0.25, -0.2) is 0 Å². The summed E-state index contributed by atoms with van der Waals surface area (Å²) in [6.07, 6.45) is 0. The first kappa shape index (κ1) is 17.9. The number of esters is 1. The van der Waals surface area contributed by atoms with E-state index < -0.39 is 0 Å². The lowest BCUT2D eigenvalue weighted by Crippen LogP contribution is -2.46. The van der Waals surface area contributed by atoms with Crippen molar-refractivity contribution in [3.05, 3.63) is 59.1 Å². The highest BCUT2D eigenvalue weighted by molar-refractivity contribution is 6.33. The Morgan fingerprint density at radius 3 is 2.40 bits per heavy atom. The lowest BCUT2D eigenvalue weighted by atomic mass is 10.0. The SMILES string of the molecule is CN1CCN(CC(=O)OCc2ccc(-c3ccccc3Cl)cc2)CC1. The predicted molar refractivity (Wildman–Crippen MR) is 101 cm³/mol. The molecule has 1 aliphatic rings. The quantitative estimate of drug-likeness (QED) is 0.768. The Bertz CT molecular complexity index is 710. The summed E-state index contributed by atoms with van der Waals surface area (Å²) < 4.78 is 5.41. The molecule has 4 nitrogen and oxygen atoms in total. The standard InChI is InChI=1S/C20H23ClN2O2/c1-22-10-12-23(13-11-22)14-20(24)25-15-16-6-8-17(9-7-16)18-4-2-3-5-19(18)21/h2-9H,10-15H2,1H3. The molecule has 5 heteroatoms. The fraction of sp³-hybridized carbons (Fsp3) is 0.350. The fourth-order valence-corrected chi connectivity index (χ4v) is 3.12. The molecule has 132 valence electrons. The first-order valence-corrected chi connectivity index (χ1v) is 8.90. The average molecular weight is 359 g/mol. The minimum Gasteiger partial charge on any atom is -0.460 e. The Morgan fingerprint density at radius 1 is 1.04 bits per heavy atom. The molecule has 25 heavy (non-hydrogen) atoms. The molecule has 0 aromatic heterocycles. The Balaban J connectivity index is 1.50. The van der Waals surface area contributed by atoms with E-state index in [1.807, 2.05) is 48.5 Å². The van der Waals surface area contributed by atoms with Crippen LogP contribution >= 0.6 is 11.6 Å². The number of benzene rings is 2. The zero-order chi connectivity index (χ0) is 17.6. The number of ether oxygens (including phenoxy) is 1. The first-order valence-electron chi connectivity index (χ1n) is 8.52. The normalized spacial score (nSPS) is 15.9. The average Bonchev–Trinajstić information content (AvgIpc) is 2.63. The third-order valence-electron chi connectivity index (χ3n) is 4.49. The number of piperazine rings is 1. The lowest BCUT2D eigenvalue weighted by molar-refractivity contribution is -0.146. The number of likely N-dealkylation sites (N-methyl/N-ethyl adjacent to an activating group) is 1. The number of nitrogens with zero attached hydrogens (tertiary/aromatic N) is 2. The fourth-order valence-electron chi connectivity index (χ4n) is 2.87. The number of hydrogen-bond donors (Lipinski definition) is 0. The second-order valence-electron chi connectivity index (χ2n) is 6.42. The first-order chi connectivity index (χ1) is 12.1. The molecule has 1 aliphatic heterocycles. The lowest BCUT2D eigenvalue weighted by Gasteiger charge is -2.31. The Morgan fingerprint density at radius 2 is 1.72 bits per heavy atom. The van der Waals surface area contributed by atoms with Gasteiger partial charge in [-0.15, -0.1) is 0 Å². The summed E-state index contributed by atoms with van der Waals surface area (Å²) in [5, 5.41) is 0.730. The number of hydrogen-bond acceptors (Lipinski definition) is 4. The summed E-state index contributed by atoms with van der Waals surface area (Å²) in [5.74, 6) is -0.167. The summed E-state index contributed by atoms with van der Waals surface area (Å²) >= 11 is 6.23. The molecule has 0 atom stereocenters. The number of carbonyl (C=O) groups is 1. The van der Waals surface area contributed by atoms with Gasteiger partial charge in [0.1, 0.15) is 6.61 Å². The van der Waals surface area contributed by atoms with Crippen LogP contribution in [0.25, 0.3) is 11.1 Å². The van der Waals surface area contributed by atoms with E-state index in [9.17, 15) is 4.79 Å². The van der Waals surface area contributed by atoms with Crippen LogP contribution in [0.15, 0.2) is 48.5 Å². The van der Waals surface area contributed by atoms with Gasteiger partial charge in [0.25, 0.3) is 0 Å². The minimum absolute atomic E-state index is 0.167. The van der Waals surface area contributed by atoms with Gasteiger partial charge in [0.05, 0.1) is 6.54 Å². The van der Waals surface area contributed by atoms with Gasteiger partial charge in [0.2, 0.25) is 0 Å². The van der Waals surface area contributed by atoms with Crippen molar-refractivity contribution in [2.24, 2.45) is 0 Å². The van der Waals surface area contributed by atoms with Crippen LogP contribution in [0.4, 0.5) is 0 Å². The third kappa shape index (κ3) is 5.05. The highest BCUT2D eigenvalue weighted by atomic mass is 35.5. The molecule has 2 aromatic rings. The van der Waals surface area contributed by atoms with Crippen molar-refractivity contribution in [3.8, 4) is 11.1 Å². The number of carbonyl (C=O) groups excluding carboxylic acids is 1. The summed E-state index contributed by atoms with van der Waals surface area (Å²) in [7, 11) is 2.10. The molecule has 0 radical (unpaired) electrons. The second-order valence-corrected chi connectivity index (χ2v) is 6.82. The molecule has 0 unspecified atom stereocenters. The molecule has 2 aromatic carbocycles. The predicted octanol–water partition coefficient (Wildman–Crippen LogP) is 3.30. The molecule has 0 aliphatic carbocycles. The minimum atomic E-state index is -0.167. The van der Waals surface area contributed by atoms with Crippen molar-refractivity contribution in [2.45, 2.75) is 6.61 Å². The monoisotopic (exact) mass is 358 g/mol. The number of rotatable bonds is 5. The van der Waals surface area contributed by atoms with Crippen LogP contribution < -0.4 is 0 Å². The van der Waals surface area contributed by atoms with E-state index in [0.29, 0.717) is 13.2 Å². The smallest absolute Gasteiger partial charge is 0.320 e. The van der Waals surface area contributed by atoms with Crippen LogP contribution in [0.2, 0.25) is 5.02 Å². The van der Waals surface area contributed by atoms with Gasteiger partial charge >= 0.3 is 5.97 Å². The highest BCUT2D eigenvalue weighted by Gasteiger charge is 2.17. The number of halogens is 1. The molecule has 0 saturated carbocycles. The van der Waals surface area contributed by atoms with Gasteiger partial charge < -0.3 is 9.64 Å². The summed E-state index contributed by atoms with van der Waals surface area (Å²) in [4.78, 5) is 16.4. The summed E-state index contributed by atoms with van der Waals surface area (Å²) in [6.45, 7) is 4.49. The van der Waals surface area contributed by atoms with Crippen molar-refractivity contribution in [1.82, 2.24) is 9.80 Å².